The van der Waals surface area contributed by atoms with Crippen molar-refractivity contribution < 1.29 is 9.59 Å². The molecular weight excluding hydrogens is 240 g/mol. The topological polar surface area (TPSA) is 49.4 Å². The van der Waals surface area contributed by atoms with Crippen LogP contribution in [0.1, 0.15) is 46.0 Å². The fourth-order valence-corrected chi connectivity index (χ4v) is 4.26. The number of hydrogen-bond acceptors (Lipinski definition) is 2. The lowest BCUT2D eigenvalue weighted by atomic mass is 9.87. The van der Waals surface area contributed by atoms with E-state index in [2.05, 4.69) is 5.32 Å². The highest BCUT2D eigenvalue weighted by Crippen LogP contribution is 2.48. The fourth-order valence-electron chi connectivity index (χ4n) is 4.26. The van der Waals surface area contributed by atoms with Gasteiger partial charge in [-0.25, -0.2) is 0 Å². The number of piperazine rings is 1. The number of nitrogens with one attached hydrogen (secondary N) is 1. The Balaban J connectivity index is 1.70. The molecule has 2 aliphatic carbocycles. The Hall–Kier alpha value is -1.06. The van der Waals surface area contributed by atoms with Crippen LogP contribution in [0, 0.1) is 17.8 Å². The molecule has 2 amide bonds. The van der Waals surface area contributed by atoms with E-state index in [9.17, 15) is 9.59 Å². The first-order valence-corrected chi connectivity index (χ1v) is 7.71. The molecule has 5 atom stereocenters. The summed E-state index contributed by atoms with van der Waals surface area (Å²) in [6, 6.07) is -0.600. The third-order valence-corrected chi connectivity index (χ3v) is 5.47. The molecule has 19 heavy (non-hydrogen) atoms. The largest absolute Gasteiger partial charge is 0.343 e. The molecule has 0 aromatic carbocycles. The lowest BCUT2D eigenvalue weighted by Crippen LogP contribution is -2.63. The van der Waals surface area contributed by atoms with Crippen molar-refractivity contribution in [1.82, 2.24) is 10.2 Å². The lowest BCUT2D eigenvalue weighted by molar-refractivity contribution is -0.149. The van der Waals surface area contributed by atoms with Crippen LogP contribution < -0.4 is 5.32 Å². The molecule has 0 aromatic rings. The average molecular weight is 264 g/mol. The van der Waals surface area contributed by atoms with Gasteiger partial charge in [0.25, 0.3) is 0 Å². The second-order valence-corrected chi connectivity index (χ2v) is 6.57. The van der Waals surface area contributed by atoms with E-state index in [0.717, 1.165) is 18.4 Å². The van der Waals surface area contributed by atoms with Crippen molar-refractivity contribution in [2.75, 3.05) is 6.54 Å². The molecule has 1 aliphatic heterocycles. The van der Waals surface area contributed by atoms with E-state index in [1.54, 1.807) is 0 Å². The Morgan fingerprint density at radius 2 is 2.05 bits per heavy atom. The van der Waals surface area contributed by atoms with Crippen molar-refractivity contribution in [1.29, 1.82) is 0 Å². The maximum Gasteiger partial charge on any atom is 0.245 e. The Morgan fingerprint density at radius 1 is 1.26 bits per heavy atom. The highest BCUT2D eigenvalue weighted by molar-refractivity contribution is 5.96. The van der Waals surface area contributed by atoms with Gasteiger partial charge in [-0.1, -0.05) is 13.3 Å². The number of carbonyl (C=O) groups excluding carboxylic acids is 2. The standard InChI is InChI=1S/C15H24N2O2/c1-3-13-15(19)17(9(2)14(18)16-13)8-12-7-10-4-5-11(12)6-10/h9-13H,3-8H2,1-2H3,(H,16,18). The van der Waals surface area contributed by atoms with Gasteiger partial charge in [-0.2, -0.15) is 0 Å². The molecule has 5 unspecified atom stereocenters. The van der Waals surface area contributed by atoms with E-state index in [0.29, 0.717) is 12.3 Å². The fraction of sp³-hybridized carbons (Fsp3) is 0.867. The molecule has 1 heterocycles. The molecule has 1 saturated heterocycles. The van der Waals surface area contributed by atoms with Crippen molar-refractivity contribution in [2.24, 2.45) is 17.8 Å². The van der Waals surface area contributed by atoms with Gasteiger partial charge >= 0.3 is 0 Å². The first-order valence-electron chi connectivity index (χ1n) is 7.71. The summed E-state index contributed by atoms with van der Waals surface area (Å²) in [5.41, 5.74) is 0. The number of fused-ring (bicyclic) bond motifs is 2. The van der Waals surface area contributed by atoms with E-state index in [1.165, 1.54) is 25.7 Å². The van der Waals surface area contributed by atoms with Crippen molar-refractivity contribution in [3.05, 3.63) is 0 Å². The molecule has 1 N–H and O–H groups in total. The van der Waals surface area contributed by atoms with E-state index in [4.69, 9.17) is 0 Å². The zero-order valence-corrected chi connectivity index (χ0v) is 11.9. The monoisotopic (exact) mass is 264 g/mol. The van der Waals surface area contributed by atoms with Crippen LogP contribution in [-0.4, -0.2) is 35.3 Å². The third kappa shape index (κ3) is 2.15. The summed E-state index contributed by atoms with van der Waals surface area (Å²) in [5, 5.41) is 2.82. The van der Waals surface area contributed by atoms with E-state index >= 15 is 0 Å². The van der Waals surface area contributed by atoms with Crippen LogP contribution in [0.5, 0.6) is 0 Å². The number of amides is 2. The summed E-state index contributed by atoms with van der Waals surface area (Å²) in [6.45, 7) is 4.60. The minimum Gasteiger partial charge on any atom is -0.343 e. The molecule has 3 aliphatic rings. The van der Waals surface area contributed by atoms with Crippen molar-refractivity contribution in [3.8, 4) is 0 Å². The van der Waals surface area contributed by atoms with Crippen LogP contribution in [0.2, 0.25) is 0 Å². The average Bonchev–Trinajstić information content (AvgIpc) is 3.01. The van der Waals surface area contributed by atoms with Gasteiger partial charge in [0.2, 0.25) is 11.8 Å². The molecule has 3 fully saturated rings. The molecule has 106 valence electrons. The zero-order valence-electron chi connectivity index (χ0n) is 11.9. The maximum atomic E-state index is 12.4. The van der Waals surface area contributed by atoms with Crippen molar-refractivity contribution in [3.63, 3.8) is 0 Å². The predicted molar refractivity (Wildman–Crippen MR) is 72.3 cm³/mol. The Morgan fingerprint density at radius 3 is 2.63 bits per heavy atom. The van der Waals surface area contributed by atoms with Gasteiger partial charge in [0, 0.05) is 6.54 Å². The molecule has 3 rings (SSSR count). The Bertz CT molecular complexity index is 396. The SMILES string of the molecule is CCC1NC(=O)C(C)N(CC2CC3CCC2C3)C1=O. The Labute approximate surface area is 114 Å². The minimum atomic E-state index is -0.303. The molecule has 0 radical (unpaired) electrons. The summed E-state index contributed by atoms with van der Waals surface area (Å²) in [5.74, 6) is 2.46. The summed E-state index contributed by atoms with van der Waals surface area (Å²) in [4.78, 5) is 26.2. The quantitative estimate of drug-likeness (QED) is 0.840. The minimum absolute atomic E-state index is 0.00889. The van der Waals surface area contributed by atoms with Crippen LogP contribution in [0.25, 0.3) is 0 Å². The molecule has 2 saturated carbocycles. The van der Waals surface area contributed by atoms with Crippen LogP contribution in [0.15, 0.2) is 0 Å². The normalized spacial score (nSPS) is 41.8. The van der Waals surface area contributed by atoms with Crippen LogP contribution in [-0.2, 0) is 9.59 Å². The van der Waals surface area contributed by atoms with Gasteiger partial charge < -0.3 is 10.2 Å². The Kier molecular flexibility index (Phi) is 3.27. The number of hydrogen-bond donors (Lipinski definition) is 1. The number of carbonyl (C=O) groups is 2. The van der Waals surface area contributed by atoms with Gasteiger partial charge in [0.15, 0.2) is 0 Å². The molecule has 0 spiro atoms. The highest BCUT2D eigenvalue weighted by Gasteiger charge is 2.44. The third-order valence-electron chi connectivity index (χ3n) is 5.47. The van der Waals surface area contributed by atoms with Crippen molar-refractivity contribution >= 4 is 11.8 Å². The molecule has 2 bridgehead atoms. The van der Waals surface area contributed by atoms with Crippen LogP contribution >= 0.6 is 0 Å². The van der Waals surface area contributed by atoms with Gasteiger partial charge in [0.05, 0.1) is 0 Å². The second kappa shape index (κ2) is 4.80. The summed E-state index contributed by atoms with van der Waals surface area (Å²) < 4.78 is 0. The van der Waals surface area contributed by atoms with E-state index < -0.39 is 0 Å². The van der Waals surface area contributed by atoms with Crippen LogP contribution in [0.4, 0.5) is 0 Å². The maximum absolute atomic E-state index is 12.4. The molecular formula is C15H24N2O2. The van der Waals surface area contributed by atoms with Gasteiger partial charge in [-0.3, -0.25) is 9.59 Å². The molecule has 4 nitrogen and oxygen atoms in total. The van der Waals surface area contributed by atoms with Gasteiger partial charge in [-0.05, 0) is 50.4 Å². The number of rotatable bonds is 3. The number of nitrogens with zero attached hydrogens (tertiary/aromatic N) is 1. The van der Waals surface area contributed by atoms with Gasteiger partial charge in [0.1, 0.15) is 12.1 Å². The zero-order chi connectivity index (χ0) is 13.6. The van der Waals surface area contributed by atoms with Gasteiger partial charge in [-0.15, -0.1) is 0 Å². The first-order chi connectivity index (χ1) is 9.10. The summed E-state index contributed by atoms with van der Waals surface area (Å²) >= 11 is 0. The highest BCUT2D eigenvalue weighted by atomic mass is 16.2. The summed E-state index contributed by atoms with van der Waals surface area (Å²) in [6.07, 6.45) is 6.01. The lowest BCUT2D eigenvalue weighted by Gasteiger charge is -2.39. The van der Waals surface area contributed by atoms with E-state index in [1.807, 2.05) is 18.7 Å². The summed E-state index contributed by atoms with van der Waals surface area (Å²) in [7, 11) is 0. The molecule has 4 heteroatoms. The van der Waals surface area contributed by atoms with Crippen molar-refractivity contribution in [2.45, 2.75) is 58.0 Å². The second-order valence-electron chi connectivity index (χ2n) is 6.57. The first kappa shape index (κ1) is 12.9. The van der Waals surface area contributed by atoms with E-state index in [-0.39, 0.29) is 23.9 Å². The predicted octanol–water partition coefficient (Wildman–Crippen LogP) is 1.55. The molecule has 0 aromatic heterocycles. The van der Waals surface area contributed by atoms with Crippen LogP contribution in [0.3, 0.4) is 0 Å². The smallest absolute Gasteiger partial charge is 0.245 e.